The smallest absolute Gasteiger partial charge is 0.345 e. The van der Waals surface area contributed by atoms with Crippen LogP contribution >= 0.6 is 58.0 Å². The lowest BCUT2D eigenvalue weighted by Gasteiger charge is -2.28. The van der Waals surface area contributed by atoms with Gasteiger partial charge in [0.2, 0.25) is 8.13 Å². The molecule has 1 atom stereocenters. The van der Waals surface area contributed by atoms with Crippen LogP contribution in [-0.2, 0) is 9.53 Å². The summed E-state index contributed by atoms with van der Waals surface area (Å²) in [4.78, 5) is 11.1. The summed E-state index contributed by atoms with van der Waals surface area (Å²) < 4.78 is 0.00953. The molecule has 1 N–H and O–H groups in total. The summed E-state index contributed by atoms with van der Waals surface area (Å²) in [5.41, 5.74) is 0. The van der Waals surface area contributed by atoms with Crippen LogP contribution in [0.5, 0.6) is 0 Å². The Bertz CT molecular complexity index is 212. The fraction of sp³-hybridized carbons (Fsp3) is 0.833. The van der Waals surface area contributed by atoms with E-state index < -0.39 is 20.2 Å². The molecular formula is C6H7Cl5O3. The van der Waals surface area contributed by atoms with Crippen molar-refractivity contribution in [1.29, 1.82) is 0 Å². The highest BCUT2D eigenvalue weighted by Gasteiger charge is 2.52. The number of aliphatic hydroxyl groups excluding tert-OH is 1. The molecule has 0 aromatic carbocycles. The molecule has 8 heteroatoms. The fourth-order valence-corrected chi connectivity index (χ4v) is 1.81. The van der Waals surface area contributed by atoms with Crippen LogP contribution in [0.4, 0.5) is 0 Å². The monoisotopic (exact) mass is 302 g/mol. The topological polar surface area (TPSA) is 46.5 Å². The van der Waals surface area contributed by atoms with E-state index in [1.54, 1.807) is 6.92 Å². The highest BCUT2D eigenvalue weighted by atomic mass is 35.6. The molecule has 1 unspecified atom stereocenters. The molecule has 0 bridgehead atoms. The molecule has 0 rings (SSSR count). The van der Waals surface area contributed by atoms with Gasteiger partial charge in [-0.1, -0.05) is 58.0 Å². The molecule has 14 heavy (non-hydrogen) atoms. The first-order valence-electron chi connectivity index (χ1n) is 3.43. The van der Waals surface area contributed by atoms with Gasteiger partial charge in [-0.25, -0.2) is 4.79 Å². The van der Waals surface area contributed by atoms with E-state index in [4.69, 9.17) is 58.0 Å². The first-order chi connectivity index (χ1) is 6.14. The summed E-state index contributed by atoms with van der Waals surface area (Å²) >= 11 is 26.9. The lowest BCUT2D eigenvalue weighted by atomic mass is 10.2. The van der Waals surface area contributed by atoms with Crippen molar-refractivity contribution in [3.8, 4) is 0 Å². The predicted molar refractivity (Wildman–Crippen MR) is 57.4 cm³/mol. The molecule has 0 radical (unpaired) electrons. The maximum Gasteiger partial charge on any atom is 0.345 e. The summed E-state index contributed by atoms with van der Waals surface area (Å²) in [6, 6.07) is 0. The van der Waals surface area contributed by atoms with E-state index in [2.05, 4.69) is 4.74 Å². The van der Waals surface area contributed by atoms with Gasteiger partial charge in [0.05, 0.1) is 6.61 Å². The molecule has 0 aliphatic rings. The van der Waals surface area contributed by atoms with Gasteiger partial charge < -0.3 is 9.84 Å². The van der Waals surface area contributed by atoms with Crippen molar-refractivity contribution in [3.05, 3.63) is 0 Å². The number of halogens is 5. The van der Waals surface area contributed by atoms with Crippen LogP contribution in [0.25, 0.3) is 0 Å². The average molecular weight is 304 g/mol. The van der Waals surface area contributed by atoms with Crippen molar-refractivity contribution in [1.82, 2.24) is 0 Å². The van der Waals surface area contributed by atoms with Crippen molar-refractivity contribution < 1.29 is 14.6 Å². The molecule has 0 aromatic heterocycles. The third-order valence-corrected chi connectivity index (χ3v) is 2.54. The number of alkyl halides is 5. The maximum absolute atomic E-state index is 11.1. The Morgan fingerprint density at radius 2 is 1.79 bits per heavy atom. The molecule has 0 amide bonds. The van der Waals surface area contributed by atoms with Crippen LogP contribution in [0.2, 0.25) is 0 Å². The Labute approximate surface area is 106 Å². The first-order valence-corrected chi connectivity index (χ1v) is 5.32. The Balaban J connectivity index is 4.69. The number of carbonyl (C=O) groups is 1. The molecule has 0 heterocycles. The van der Waals surface area contributed by atoms with Gasteiger partial charge >= 0.3 is 5.97 Å². The molecule has 0 saturated carbocycles. The average Bonchev–Trinajstić information content (AvgIpc) is 2.01. The number of ether oxygens (including phenoxy) is 1. The van der Waals surface area contributed by atoms with Crippen LogP contribution in [0, 0.1) is 0 Å². The zero-order valence-electron chi connectivity index (χ0n) is 6.94. The van der Waals surface area contributed by atoms with E-state index in [1.807, 2.05) is 0 Å². The third-order valence-electron chi connectivity index (χ3n) is 1.20. The predicted octanol–water partition coefficient (Wildman–Crippen LogP) is 2.45. The molecule has 84 valence electrons. The van der Waals surface area contributed by atoms with E-state index in [9.17, 15) is 9.90 Å². The Morgan fingerprint density at radius 1 is 1.36 bits per heavy atom. The van der Waals surface area contributed by atoms with E-state index in [-0.39, 0.29) is 6.61 Å². The highest BCUT2D eigenvalue weighted by molar-refractivity contribution is 6.70. The quantitative estimate of drug-likeness (QED) is 0.643. The lowest BCUT2D eigenvalue weighted by Crippen LogP contribution is -2.47. The van der Waals surface area contributed by atoms with Gasteiger partial charge in [-0.05, 0) is 6.92 Å². The molecule has 0 fully saturated rings. The van der Waals surface area contributed by atoms with E-state index in [0.717, 1.165) is 0 Å². The molecule has 0 aliphatic heterocycles. The second kappa shape index (κ2) is 5.28. The zero-order valence-corrected chi connectivity index (χ0v) is 10.7. The van der Waals surface area contributed by atoms with Gasteiger partial charge in [-0.15, -0.1) is 0 Å². The Kier molecular flexibility index (Phi) is 5.61. The largest absolute Gasteiger partial charge is 0.464 e. The lowest BCUT2D eigenvalue weighted by molar-refractivity contribution is -0.146. The molecular weight excluding hydrogens is 297 g/mol. The summed E-state index contributed by atoms with van der Waals surface area (Å²) in [6.07, 6.45) is -1.89. The van der Waals surface area contributed by atoms with Gasteiger partial charge in [-0.3, -0.25) is 0 Å². The Morgan fingerprint density at radius 3 is 2.07 bits per heavy atom. The zero-order chi connectivity index (χ0) is 11.6. The van der Waals surface area contributed by atoms with Crippen LogP contribution in [0.3, 0.4) is 0 Å². The Hall–Kier alpha value is 0.880. The molecule has 0 aliphatic carbocycles. The standard InChI is InChI=1S/C6H7Cl5O3/c1-2-14-4(13)5(7,8)3(12)6(9,10)11/h3,12H,2H2,1H3. The minimum absolute atomic E-state index is 0.0482. The minimum Gasteiger partial charge on any atom is -0.464 e. The first kappa shape index (κ1) is 14.9. The van der Waals surface area contributed by atoms with Crippen LogP contribution < -0.4 is 0 Å². The minimum atomic E-state index is -2.30. The third kappa shape index (κ3) is 3.80. The molecule has 0 aromatic rings. The number of rotatable bonds is 3. The van der Waals surface area contributed by atoms with Crippen molar-refractivity contribution in [2.75, 3.05) is 6.61 Å². The maximum atomic E-state index is 11.1. The SMILES string of the molecule is CCOC(=O)C(Cl)(Cl)C(O)C(Cl)(Cl)Cl. The second-order valence-electron chi connectivity index (χ2n) is 2.29. The van der Waals surface area contributed by atoms with Crippen molar-refractivity contribution >= 4 is 64.0 Å². The summed E-state index contributed by atoms with van der Waals surface area (Å²) in [5.74, 6) is -1.07. The fourth-order valence-electron chi connectivity index (χ4n) is 0.544. The van der Waals surface area contributed by atoms with Crippen molar-refractivity contribution in [2.45, 2.75) is 21.2 Å². The molecule has 3 nitrogen and oxygen atoms in total. The van der Waals surface area contributed by atoms with Crippen LogP contribution in [-0.4, -0.2) is 31.9 Å². The van der Waals surface area contributed by atoms with E-state index in [1.165, 1.54) is 0 Å². The summed E-state index contributed by atoms with van der Waals surface area (Å²) in [5, 5.41) is 9.35. The summed E-state index contributed by atoms with van der Waals surface area (Å²) in [7, 11) is 0. The van der Waals surface area contributed by atoms with Crippen molar-refractivity contribution in [2.24, 2.45) is 0 Å². The second-order valence-corrected chi connectivity index (χ2v) is 6.04. The normalized spacial score (nSPS) is 15.1. The van der Waals surface area contributed by atoms with Gasteiger partial charge in [0.1, 0.15) is 6.10 Å². The van der Waals surface area contributed by atoms with Crippen LogP contribution in [0.1, 0.15) is 6.92 Å². The number of hydrogen-bond acceptors (Lipinski definition) is 3. The van der Waals surface area contributed by atoms with Gasteiger partial charge in [0.15, 0.2) is 0 Å². The van der Waals surface area contributed by atoms with Crippen molar-refractivity contribution in [3.63, 3.8) is 0 Å². The summed E-state index contributed by atoms with van der Waals surface area (Å²) in [6.45, 7) is 1.59. The number of aliphatic hydroxyl groups is 1. The van der Waals surface area contributed by atoms with Gasteiger partial charge in [0.25, 0.3) is 0 Å². The number of esters is 1. The van der Waals surface area contributed by atoms with Gasteiger partial charge in [0, 0.05) is 0 Å². The van der Waals surface area contributed by atoms with E-state index >= 15 is 0 Å². The van der Waals surface area contributed by atoms with Crippen LogP contribution in [0.15, 0.2) is 0 Å². The van der Waals surface area contributed by atoms with Gasteiger partial charge in [-0.2, -0.15) is 0 Å². The molecule has 0 saturated heterocycles. The highest BCUT2D eigenvalue weighted by Crippen LogP contribution is 2.41. The molecule has 0 spiro atoms. The number of hydrogen-bond donors (Lipinski definition) is 1. The number of carbonyl (C=O) groups excluding carboxylic acids is 1. The van der Waals surface area contributed by atoms with E-state index in [0.29, 0.717) is 0 Å².